The third kappa shape index (κ3) is 3.84. The molecule has 110 valence electrons. The van der Waals surface area contributed by atoms with Crippen LogP contribution in [0.3, 0.4) is 0 Å². The molecular weight excluding hydrogens is 284 g/mol. The van der Waals surface area contributed by atoms with E-state index in [-0.39, 0.29) is 17.7 Å². The first-order chi connectivity index (χ1) is 10.6. The maximum Gasteiger partial charge on any atom is 0.335 e. The smallest absolute Gasteiger partial charge is 0.335 e. The minimum absolute atomic E-state index is 0.0744. The highest BCUT2D eigenvalue weighted by molar-refractivity contribution is 6.01. The molecule has 0 saturated heterocycles. The van der Waals surface area contributed by atoms with Crippen molar-refractivity contribution in [3.63, 3.8) is 0 Å². The van der Waals surface area contributed by atoms with Crippen LogP contribution in [-0.4, -0.2) is 17.0 Å². The number of amides is 1. The predicted octanol–water partition coefficient (Wildman–Crippen LogP) is 2.20. The summed E-state index contributed by atoms with van der Waals surface area (Å²) >= 11 is 0. The highest BCUT2D eigenvalue weighted by atomic mass is 16.4. The Balaban J connectivity index is 2.07. The van der Waals surface area contributed by atoms with Gasteiger partial charge in [-0.15, -0.1) is 0 Å². The van der Waals surface area contributed by atoms with Crippen LogP contribution in [0.1, 0.15) is 21.7 Å². The van der Waals surface area contributed by atoms with E-state index in [1.807, 2.05) is 6.07 Å². The lowest BCUT2D eigenvalue weighted by Crippen LogP contribution is -2.23. The van der Waals surface area contributed by atoms with E-state index in [1.54, 1.807) is 12.1 Å². The first kappa shape index (κ1) is 15.1. The second kappa shape index (κ2) is 6.90. The topological polar surface area (TPSA) is 103 Å². The second-order valence-corrected chi connectivity index (χ2v) is 4.36. The number of hydrogen-bond acceptors (Lipinski definition) is 4. The molecule has 22 heavy (non-hydrogen) atoms. The lowest BCUT2D eigenvalue weighted by atomic mass is 10.1. The maximum atomic E-state index is 11.9. The van der Waals surface area contributed by atoms with Crippen LogP contribution in [0.2, 0.25) is 0 Å². The molecule has 0 aliphatic heterocycles. The van der Waals surface area contributed by atoms with E-state index in [2.05, 4.69) is 5.32 Å². The molecule has 1 heterocycles. The van der Waals surface area contributed by atoms with Crippen LogP contribution in [0.5, 0.6) is 0 Å². The molecule has 6 heteroatoms. The molecule has 1 aromatic carbocycles. The van der Waals surface area contributed by atoms with Crippen molar-refractivity contribution in [2.24, 2.45) is 0 Å². The van der Waals surface area contributed by atoms with E-state index >= 15 is 0 Å². The number of nitrogens with zero attached hydrogens (tertiary/aromatic N) is 1. The van der Waals surface area contributed by atoms with Crippen molar-refractivity contribution in [2.45, 2.75) is 6.54 Å². The summed E-state index contributed by atoms with van der Waals surface area (Å²) in [7, 11) is 0. The summed E-state index contributed by atoms with van der Waals surface area (Å²) < 4.78 is 5.08. The molecule has 2 N–H and O–H groups in total. The number of nitriles is 1. The molecule has 2 aromatic rings. The van der Waals surface area contributed by atoms with Gasteiger partial charge in [-0.3, -0.25) is 4.79 Å². The lowest BCUT2D eigenvalue weighted by Gasteiger charge is -2.02. The van der Waals surface area contributed by atoms with Gasteiger partial charge in [0.05, 0.1) is 18.4 Å². The number of nitrogens with one attached hydrogen (secondary N) is 1. The molecule has 0 fully saturated rings. The van der Waals surface area contributed by atoms with Gasteiger partial charge in [0.25, 0.3) is 5.91 Å². The van der Waals surface area contributed by atoms with Gasteiger partial charge >= 0.3 is 5.97 Å². The molecule has 0 saturated carbocycles. The number of furan rings is 1. The predicted molar refractivity (Wildman–Crippen MR) is 77.5 cm³/mol. The first-order valence-corrected chi connectivity index (χ1v) is 6.36. The van der Waals surface area contributed by atoms with Gasteiger partial charge in [0, 0.05) is 0 Å². The molecule has 0 radical (unpaired) electrons. The summed E-state index contributed by atoms with van der Waals surface area (Å²) in [5.41, 5.74) is 0.627. The second-order valence-electron chi connectivity index (χ2n) is 4.36. The van der Waals surface area contributed by atoms with Crippen molar-refractivity contribution >= 4 is 18.0 Å². The molecule has 1 aromatic heterocycles. The summed E-state index contributed by atoms with van der Waals surface area (Å²) in [6.07, 6.45) is 2.88. The van der Waals surface area contributed by atoms with Crippen molar-refractivity contribution in [1.82, 2.24) is 5.32 Å². The Morgan fingerprint density at radius 1 is 1.27 bits per heavy atom. The monoisotopic (exact) mass is 296 g/mol. The van der Waals surface area contributed by atoms with Crippen molar-refractivity contribution < 1.29 is 19.1 Å². The average molecular weight is 296 g/mol. The normalized spacial score (nSPS) is 10.8. The van der Waals surface area contributed by atoms with Gasteiger partial charge in [-0.1, -0.05) is 12.1 Å². The van der Waals surface area contributed by atoms with Gasteiger partial charge in [0.1, 0.15) is 17.4 Å². The Bertz CT molecular complexity index is 737. The van der Waals surface area contributed by atoms with E-state index in [0.29, 0.717) is 11.3 Å². The fourth-order valence-corrected chi connectivity index (χ4v) is 1.71. The van der Waals surface area contributed by atoms with E-state index in [0.717, 1.165) is 0 Å². The maximum absolute atomic E-state index is 11.9. The van der Waals surface area contributed by atoms with Crippen molar-refractivity contribution in [2.75, 3.05) is 0 Å². The summed E-state index contributed by atoms with van der Waals surface area (Å²) in [5.74, 6) is -0.982. The molecule has 2 rings (SSSR count). The van der Waals surface area contributed by atoms with Gasteiger partial charge < -0.3 is 14.8 Å². The Morgan fingerprint density at radius 2 is 2.00 bits per heavy atom. The summed E-state index contributed by atoms with van der Waals surface area (Å²) in [5, 5.41) is 20.4. The van der Waals surface area contributed by atoms with E-state index in [4.69, 9.17) is 14.8 Å². The third-order valence-electron chi connectivity index (χ3n) is 2.84. The highest BCUT2D eigenvalue weighted by Gasteiger charge is 2.09. The molecular formula is C16H12N2O4. The van der Waals surface area contributed by atoms with Gasteiger partial charge in [0.2, 0.25) is 0 Å². The van der Waals surface area contributed by atoms with Gasteiger partial charge in [0.15, 0.2) is 0 Å². The zero-order chi connectivity index (χ0) is 15.9. The lowest BCUT2D eigenvalue weighted by molar-refractivity contribution is -0.117. The Kier molecular flexibility index (Phi) is 4.73. The van der Waals surface area contributed by atoms with Crippen LogP contribution in [0.25, 0.3) is 6.08 Å². The summed E-state index contributed by atoms with van der Waals surface area (Å²) in [6.45, 7) is 0.183. The number of rotatable bonds is 5. The minimum Gasteiger partial charge on any atom is -0.478 e. The van der Waals surface area contributed by atoms with Crippen LogP contribution < -0.4 is 5.32 Å². The number of carbonyl (C=O) groups excluding carboxylic acids is 1. The number of hydrogen-bond donors (Lipinski definition) is 2. The largest absolute Gasteiger partial charge is 0.478 e. The number of benzene rings is 1. The summed E-state index contributed by atoms with van der Waals surface area (Å²) in [4.78, 5) is 22.7. The van der Waals surface area contributed by atoms with Crippen LogP contribution in [-0.2, 0) is 11.3 Å². The molecule has 0 atom stereocenters. The zero-order valence-corrected chi connectivity index (χ0v) is 11.4. The highest BCUT2D eigenvalue weighted by Crippen LogP contribution is 2.10. The van der Waals surface area contributed by atoms with Gasteiger partial charge in [-0.05, 0) is 35.9 Å². The van der Waals surface area contributed by atoms with E-state index < -0.39 is 11.9 Å². The van der Waals surface area contributed by atoms with Crippen LogP contribution >= 0.6 is 0 Å². The SMILES string of the molecule is N#CC(=Cc1ccc(C(=O)O)cc1)C(=O)NCc1ccco1. The molecule has 0 bridgehead atoms. The number of aromatic carboxylic acids is 1. The van der Waals surface area contributed by atoms with Crippen LogP contribution in [0.15, 0.2) is 52.7 Å². The van der Waals surface area contributed by atoms with E-state index in [9.17, 15) is 9.59 Å². The molecule has 6 nitrogen and oxygen atoms in total. The number of carboxylic acid groups (broad SMARTS) is 1. The Morgan fingerprint density at radius 3 is 2.55 bits per heavy atom. The van der Waals surface area contributed by atoms with Gasteiger partial charge in [-0.2, -0.15) is 5.26 Å². The molecule has 1 amide bonds. The minimum atomic E-state index is -1.03. The number of carboxylic acids is 1. The standard InChI is InChI=1S/C16H12N2O4/c17-9-13(15(19)18-10-14-2-1-7-22-14)8-11-3-5-12(6-4-11)16(20)21/h1-8H,10H2,(H,18,19)(H,20,21). The first-order valence-electron chi connectivity index (χ1n) is 6.36. The molecule has 0 unspecified atom stereocenters. The quantitative estimate of drug-likeness (QED) is 0.650. The fraction of sp³-hybridized carbons (Fsp3) is 0.0625. The van der Waals surface area contributed by atoms with Crippen molar-refractivity contribution in [1.29, 1.82) is 5.26 Å². The average Bonchev–Trinajstić information content (AvgIpc) is 3.04. The zero-order valence-electron chi connectivity index (χ0n) is 11.4. The van der Waals surface area contributed by atoms with Crippen LogP contribution in [0.4, 0.5) is 0 Å². The third-order valence-corrected chi connectivity index (χ3v) is 2.84. The van der Waals surface area contributed by atoms with Crippen molar-refractivity contribution in [3.05, 3.63) is 65.1 Å². The Labute approximate surface area is 126 Å². The van der Waals surface area contributed by atoms with Crippen molar-refractivity contribution in [3.8, 4) is 6.07 Å². The number of carbonyl (C=O) groups is 2. The fourth-order valence-electron chi connectivity index (χ4n) is 1.71. The van der Waals surface area contributed by atoms with Crippen LogP contribution in [0, 0.1) is 11.3 Å². The molecule has 0 spiro atoms. The van der Waals surface area contributed by atoms with Gasteiger partial charge in [-0.25, -0.2) is 4.79 Å². The Hall–Kier alpha value is -3.33. The van der Waals surface area contributed by atoms with E-state index in [1.165, 1.54) is 36.6 Å². The molecule has 0 aliphatic carbocycles. The molecule has 0 aliphatic rings. The summed E-state index contributed by atoms with van der Waals surface area (Å²) in [6, 6.07) is 11.1.